The molecule has 7 heteroatoms. The predicted octanol–water partition coefficient (Wildman–Crippen LogP) is 0.846. The third-order valence-electron chi connectivity index (χ3n) is 3.00. The van der Waals surface area contributed by atoms with Gasteiger partial charge in [0.2, 0.25) is 11.9 Å². The lowest BCUT2D eigenvalue weighted by atomic mass is 9.92. The maximum atomic E-state index is 11.7. The molecule has 0 atom stereocenters. The molecule has 1 aromatic heterocycles. The van der Waals surface area contributed by atoms with Gasteiger partial charge in [-0.05, 0) is 36.4 Å². The summed E-state index contributed by atoms with van der Waals surface area (Å²) in [6, 6.07) is 9.57. The zero-order valence-corrected chi connectivity index (χ0v) is 11.8. The largest absolute Gasteiger partial charge is 0.359 e. The number of aromatic nitrogens is 4. The van der Waals surface area contributed by atoms with Crippen molar-refractivity contribution in [1.82, 2.24) is 25.5 Å². The van der Waals surface area contributed by atoms with Gasteiger partial charge in [0.15, 0.2) is 0 Å². The molecule has 0 aliphatic carbocycles. The van der Waals surface area contributed by atoms with Crippen LogP contribution in [-0.2, 0) is 4.79 Å². The molecule has 1 aromatic carbocycles. The fraction of sp³-hybridized carbons (Fsp3) is 0.385. The minimum Gasteiger partial charge on any atom is -0.359 e. The quantitative estimate of drug-likeness (QED) is 0.844. The molecule has 2 N–H and O–H groups in total. The van der Waals surface area contributed by atoms with Crippen LogP contribution in [0.25, 0.3) is 5.69 Å². The molecule has 106 valence electrons. The Morgan fingerprint density at radius 1 is 1.30 bits per heavy atom. The Kier molecular flexibility index (Phi) is 3.97. The number of hydrogen-bond donors (Lipinski definition) is 2. The molecule has 0 fully saturated rings. The molecule has 20 heavy (non-hydrogen) atoms. The van der Waals surface area contributed by atoms with Crippen LogP contribution in [0.1, 0.15) is 13.8 Å². The Morgan fingerprint density at radius 3 is 2.65 bits per heavy atom. The molecule has 0 saturated carbocycles. The van der Waals surface area contributed by atoms with Gasteiger partial charge in [-0.3, -0.25) is 4.79 Å². The molecular weight excluding hydrogens is 256 g/mol. The van der Waals surface area contributed by atoms with Gasteiger partial charge in [-0.15, -0.1) is 0 Å². The molecule has 1 heterocycles. The number of carbonyl (C=O) groups excluding carboxylic acids is 1. The third-order valence-corrected chi connectivity index (χ3v) is 3.00. The highest BCUT2D eigenvalue weighted by molar-refractivity contribution is 5.82. The highest BCUT2D eigenvalue weighted by Crippen LogP contribution is 2.17. The summed E-state index contributed by atoms with van der Waals surface area (Å²) in [6.45, 7) is 4.14. The molecule has 7 nitrogen and oxygen atoms in total. The summed E-state index contributed by atoms with van der Waals surface area (Å²) in [5.74, 6) is 0.469. The summed E-state index contributed by atoms with van der Waals surface area (Å²) in [6.07, 6.45) is 0. The minimum absolute atomic E-state index is 0.0382. The Hall–Kier alpha value is -2.44. The average molecular weight is 274 g/mol. The number of nitrogens with one attached hydrogen (secondary N) is 2. The van der Waals surface area contributed by atoms with Gasteiger partial charge in [-0.25, -0.2) is 0 Å². The van der Waals surface area contributed by atoms with Crippen molar-refractivity contribution in [2.45, 2.75) is 13.8 Å². The van der Waals surface area contributed by atoms with Gasteiger partial charge in [0.25, 0.3) is 0 Å². The van der Waals surface area contributed by atoms with E-state index in [1.165, 1.54) is 0 Å². The second-order valence-corrected chi connectivity index (χ2v) is 5.07. The lowest BCUT2D eigenvalue weighted by Crippen LogP contribution is -2.39. The van der Waals surface area contributed by atoms with E-state index in [9.17, 15) is 4.79 Å². The van der Waals surface area contributed by atoms with Crippen molar-refractivity contribution in [3.63, 3.8) is 0 Å². The number of tetrazole rings is 1. The fourth-order valence-corrected chi connectivity index (χ4v) is 1.76. The van der Waals surface area contributed by atoms with E-state index in [0.29, 0.717) is 12.5 Å². The molecular formula is C13H18N6O. The molecule has 0 saturated heterocycles. The summed E-state index contributed by atoms with van der Waals surface area (Å²) in [7, 11) is 1.62. The zero-order valence-electron chi connectivity index (χ0n) is 11.8. The lowest BCUT2D eigenvalue weighted by Gasteiger charge is -2.22. The maximum Gasteiger partial charge on any atom is 0.247 e. The third kappa shape index (κ3) is 2.93. The van der Waals surface area contributed by atoms with Crippen molar-refractivity contribution in [3.8, 4) is 5.69 Å². The Balaban J connectivity index is 2.13. The first-order chi connectivity index (χ1) is 9.54. The molecule has 2 rings (SSSR count). The smallest absolute Gasteiger partial charge is 0.247 e. The monoisotopic (exact) mass is 274 g/mol. The van der Waals surface area contributed by atoms with Gasteiger partial charge in [0.1, 0.15) is 0 Å². The Morgan fingerprint density at radius 2 is 2.00 bits per heavy atom. The van der Waals surface area contributed by atoms with Gasteiger partial charge < -0.3 is 10.6 Å². The van der Waals surface area contributed by atoms with Gasteiger partial charge in [0.05, 0.1) is 11.1 Å². The Labute approximate surface area is 117 Å². The summed E-state index contributed by atoms with van der Waals surface area (Å²) >= 11 is 0. The standard InChI is InChI=1S/C13H18N6O/c1-13(2,11(20)14-3)9-15-12-16-17-18-19(12)10-7-5-4-6-8-10/h4-8H,9H2,1-3H3,(H,14,20)(H,15,16,18). The average Bonchev–Trinajstić information content (AvgIpc) is 2.93. The molecule has 2 aromatic rings. The molecule has 0 aliphatic rings. The zero-order chi connectivity index (χ0) is 14.6. The molecule has 0 spiro atoms. The van der Waals surface area contributed by atoms with E-state index in [0.717, 1.165) is 5.69 Å². The number of para-hydroxylation sites is 1. The summed E-state index contributed by atoms with van der Waals surface area (Å²) in [4.78, 5) is 11.7. The van der Waals surface area contributed by atoms with Gasteiger partial charge in [-0.2, -0.15) is 4.68 Å². The van der Waals surface area contributed by atoms with Crippen LogP contribution in [0, 0.1) is 5.41 Å². The number of benzene rings is 1. The van der Waals surface area contributed by atoms with E-state index < -0.39 is 5.41 Å². The van der Waals surface area contributed by atoms with Crippen LogP contribution in [-0.4, -0.2) is 39.7 Å². The number of amides is 1. The number of carbonyl (C=O) groups is 1. The lowest BCUT2D eigenvalue weighted by molar-refractivity contribution is -0.128. The van der Waals surface area contributed by atoms with Crippen molar-refractivity contribution >= 4 is 11.9 Å². The number of rotatable bonds is 5. The van der Waals surface area contributed by atoms with Crippen LogP contribution >= 0.6 is 0 Å². The van der Waals surface area contributed by atoms with E-state index >= 15 is 0 Å². The van der Waals surface area contributed by atoms with E-state index in [2.05, 4.69) is 26.2 Å². The van der Waals surface area contributed by atoms with Crippen LogP contribution in [0.5, 0.6) is 0 Å². The van der Waals surface area contributed by atoms with E-state index in [1.54, 1.807) is 11.7 Å². The van der Waals surface area contributed by atoms with Crippen LogP contribution < -0.4 is 10.6 Å². The number of nitrogens with zero attached hydrogens (tertiary/aromatic N) is 4. The van der Waals surface area contributed by atoms with Gasteiger partial charge in [0, 0.05) is 13.6 Å². The second-order valence-electron chi connectivity index (χ2n) is 5.07. The van der Waals surface area contributed by atoms with Gasteiger partial charge >= 0.3 is 0 Å². The normalized spacial score (nSPS) is 11.2. The molecule has 1 amide bonds. The summed E-state index contributed by atoms with van der Waals surface area (Å²) < 4.78 is 1.60. The Bertz CT molecular complexity index is 578. The van der Waals surface area contributed by atoms with Gasteiger partial charge in [-0.1, -0.05) is 23.3 Å². The molecule has 0 aliphatic heterocycles. The van der Waals surface area contributed by atoms with Crippen LogP contribution in [0.15, 0.2) is 30.3 Å². The predicted molar refractivity (Wildman–Crippen MR) is 75.5 cm³/mol. The number of hydrogen-bond acceptors (Lipinski definition) is 5. The van der Waals surface area contributed by atoms with Crippen LogP contribution in [0.3, 0.4) is 0 Å². The van der Waals surface area contributed by atoms with E-state index in [-0.39, 0.29) is 5.91 Å². The first kappa shape index (κ1) is 14.0. The van der Waals surface area contributed by atoms with Crippen LogP contribution in [0.4, 0.5) is 5.95 Å². The first-order valence-corrected chi connectivity index (χ1v) is 6.34. The van der Waals surface area contributed by atoms with Crippen molar-refractivity contribution in [3.05, 3.63) is 30.3 Å². The second kappa shape index (κ2) is 5.68. The van der Waals surface area contributed by atoms with Crippen molar-refractivity contribution in [1.29, 1.82) is 0 Å². The first-order valence-electron chi connectivity index (χ1n) is 6.34. The minimum atomic E-state index is -0.553. The topological polar surface area (TPSA) is 84.7 Å². The highest BCUT2D eigenvalue weighted by atomic mass is 16.2. The van der Waals surface area contributed by atoms with Crippen molar-refractivity contribution < 1.29 is 4.79 Å². The molecule has 0 radical (unpaired) electrons. The SMILES string of the molecule is CNC(=O)C(C)(C)CNc1nnnn1-c1ccccc1. The van der Waals surface area contributed by atoms with Crippen molar-refractivity contribution in [2.75, 3.05) is 18.9 Å². The van der Waals surface area contributed by atoms with Crippen LogP contribution in [0.2, 0.25) is 0 Å². The van der Waals surface area contributed by atoms with E-state index in [4.69, 9.17) is 0 Å². The summed E-state index contributed by atoms with van der Waals surface area (Å²) in [5, 5.41) is 17.3. The van der Waals surface area contributed by atoms with E-state index in [1.807, 2.05) is 44.2 Å². The highest BCUT2D eigenvalue weighted by Gasteiger charge is 2.27. The maximum absolute atomic E-state index is 11.7. The summed E-state index contributed by atoms with van der Waals surface area (Å²) in [5.41, 5.74) is 0.306. The fourth-order valence-electron chi connectivity index (χ4n) is 1.76. The number of anilines is 1. The molecule has 0 unspecified atom stereocenters. The van der Waals surface area contributed by atoms with Crippen molar-refractivity contribution in [2.24, 2.45) is 5.41 Å². The molecule has 0 bridgehead atoms.